The van der Waals surface area contributed by atoms with Crippen LogP contribution in [0.15, 0.2) is 0 Å². The molecule has 2 saturated heterocycles. The molecule has 17 heavy (non-hydrogen) atoms. The van der Waals surface area contributed by atoms with Crippen molar-refractivity contribution < 1.29 is 32.9 Å². The van der Waals surface area contributed by atoms with E-state index in [1.807, 2.05) is 0 Å². The van der Waals surface area contributed by atoms with Crippen LogP contribution in [-0.4, -0.2) is 49.3 Å². The molecule has 7 heteroatoms. The smallest absolute Gasteiger partial charge is 0.303 e. The van der Waals surface area contributed by atoms with Crippen LogP contribution in [0, 0.1) is 0 Å². The van der Waals surface area contributed by atoms with Crippen LogP contribution >= 0.6 is 0 Å². The summed E-state index contributed by atoms with van der Waals surface area (Å²) in [5.74, 6) is -1.23. The van der Waals surface area contributed by atoms with Crippen LogP contribution in [-0.2, 0) is 28.5 Å². The normalized spacial score (nSPS) is 39.8. The largest absolute Gasteiger partial charge is 0.456 e. The van der Waals surface area contributed by atoms with E-state index < -0.39 is 42.7 Å². The Bertz CT molecular complexity index is 317. The van der Waals surface area contributed by atoms with Crippen LogP contribution in [0.5, 0.6) is 0 Å². The van der Waals surface area contributed by atoms with Gasteiger partial charge in [-0.25, -0.2) is 4.39 Å². The van der Waals surface area contributed by atoms with E-state index in [9.17, 15) is 14.0 Å². The number of esters is 2. The predicted octanol–water partition coefficient (Wildman–Crippen LogP) is -0.0570. The zero-order valence-electron chi connectivity index (χ0n) is 9.42. The molecule has 96 valence electrons. The molecule has 2 aliphatic heterocycles. The van der Waals surface area contributed by atoms with Crippen molar-refractivity contribution in [1.82, 2.24) is 0 Å². The average molecular weight is 248 g/mol. The van der Waals surface area contributed by atoms with Gasteiger partial charge in [-0.15, -0.1) is 0 Å². The fourth-order valence-corrected chi connectivity index (χ4v) is 1.99. The number of rotatable bonds is 2. The van der Waals surface area contributed by atoms with Gasteiger partial charge in [-0.1, -0.05) is 0 Å². The standard InChI is InChI=1S/C10H13FO6/c1-4(12)15-8-6-3-14-10(17-6)7(11)9(8)16-5(2)13/h6-10H,3H2,1-2H3/t6?,7?,8-,9+,10-/m1/s1. The molecular formula is C10H13FO6. The van der Waals surface area contributed by atoms with E-state index in [1.54, 1.807) is 0 Å². The SMILES string of the molecule is CC(=O)O[C@@H]1C2CO[C@H](O2)C(F)[C@@H]1OC(C)=O. The number of carbonyl (C=O) groups excluding carboxylic acids is 2. The fraction of sp³-hybridized carbons (Fsp3) is 0.800. The van der Waals surface area contributed by atoms with Gasteiger partial charge in [-0.05, 0) is 0 Å². The summed E-state index contributed by atoms with van der Waals surface area (Å²) in [7, 11) is 0. The number of carbonyl (C=O) groups is 2. The molecule has 2 fully saturated rings. The first-order valence-electron chi connectivity index (χ1n) is 5.24. The Morgan fingerprint density at radius 3 is 2.35 bits per heavy atom. The summed E-state index contributed by atoms with van der Waals surface area (Å²) in [6.07, 6.45) is -5.47. The minimum absolute atomic E-state index is 0.112. The summed E-state index contributed by atoms with van der Waals surface area (Å²) in [5.41, 5.74) is 0. The monoisotopic (exact) mass is 248 g/mol. The molecule has 0 N–H and O–H groups in total. The molecular weight excluding hydrogens is 235 g/mol. The van der Waals surface area contributed by atoms with Gasteiger partial charge in [0, 0.05) is 13.8 Å². The minimum Gasteiger partial charge on any atom is -0.456 e. The maximum absolute atomic E-state index is 13.9. The highest BCUT2D eigenvalue weighted by atomic mass is 19.1. The lowest BCUT2D eigenvalue weighted by atomic mass is 10.0. The number of hydrogen-bond acceptors (Lipinski definition) is 6. The molecule has 2 heterocycles. The van der Waals surface area contributed by atoms with E-state index in [2.05, 4.69) is 0 Å². The first kappa shape index (κ1) is 12.3. The second kappa shape index (κ2) is 4.58. The number of alkyl halides is 1. The summed E-state index contributed by atoms with van der Waals surface area (Å²) in [4.78, 5) is 21.9. The lowest BCUT2D eigenvalue weighted by Gasteiger charge is -2.35. The molecule has 5 atom stereocenters. The van der Waals surface area contributed by atoms with Gasteiger partial charge >= 0.3 is 11.9 Å². The molecule has 0 aliphatic carbocycles. The van der Waals surface area contributed by atoms with Crippen LogP contribution < -0.4 is 0 Å². The summed E-state index contributed by atoms with van der Waals surface area (Å²) >= 11 is 0. The minimum atomic E-state index is -1.66. The molecule has 2 bridgehead atoms. The Hall–Kier alpha value is -1.21. The Balaban J connectivity index is 2.16. The van der Waals surface area contributed by atoms with E-state index in [0.717, 1.165) is 6.92 Å². The highest BCUT2D eigenvalue weighted by Gasteiger charge is 2.54. The zero-order valence-corrected chi connectivity index (χ0v) is 9.42. The quantitative estimate of drug-likeness (QED) is 0.638. The van der Waals surface area contributed by atoms with E-state index in [1.165, 1.54) is 6.92 Å². The van der Waals surface area contributed by atoms with Crippen LogP contribution in [0.1, 0.15) is 13.8 Å². The molecule has 0 saturated carbocycles. The maximum atomic E-state index is 13.9. The van der Waals surface area contributed by atoms with Crippen LogP contribution in [0.3, 0.4) is 0 Å². The van der Waals surface area contributed by atoms with Crippen molar-refractivity contribution in [2.75, 3.05) is 6.61 Å². The Morgan fingerprint density at radius 1 is 1.18 bits per heavy atom. The van der Waals surface area contributed by atoms with Gasteiger partial charge in [0.15, 0.2) is 24.7 Å². The highest BCUT2D eigenvalue weighted by Crippen LogP contribution is 2.33. The van der Waals surface area contributed by atoms with Gasteiger partial charge in [-0.3, -0.25) is 9.59 Å². The molecule has 0 radical (unpaired) electrons. The molecule has 2 rings (SSSR count). The summed E-state index contributed by atoms with van der Waals surface area (Å²) in [6, 6.07) is 0. The molecule has 0 spiro atoms. The first-order chi connectivity index (χ1) is 7.99. The maximum Gasteiger partial charge on any atom is 0.303 e. The van der Waals surface area contributed by atoms with Crippen molar-refractivity contribution in [3.05, 3.63) is 0 Å². The molecule has 0 aromatic rings. The van der Waals surface area contributed by atoms with Crippen molar-refractivity contribution in [3.8, 4) is 0 Å². The zero-order chi connectivity index (χ0) is 12.6. The van der Waals surface area contributed by atoms with E-state index >= 15 is 0 Å². The van der Waals surface area contributed by atoms with Gasteiger partial charge in [0.25, 0.3) is 0 Å². The third kappa shape index (κ3) is 2.39. The van der Waals surface area contributed by atoms with Gasteiger partial charge in [0.1, 0.15) is 6.10 Å². The molecule has 6 nitrogen and oxygen atoms in total. The summed E-state index contributed by atoms with van der Waals surface area (Å²) < 4.78 is 33.9. The van der Waals surface area contributed by atoms with Crippen molar-refractivity contribution in [2.45, 2.75) is 44.6 Å². The Morgan fingerprint density at radius 2 is 1.76 bits per heavy atom. The third-order valence-corrected chi connectivity index (χ3v) is 2.60. The van der Waals surface area contributed by atoms with Crippen molar-refractivity contribution in [1.29, 1.82) is 0 Å². The Labute approximate surface area is 97.0 Å². The second-order valence-corrected chi connectivity index (χ2v) is 3.97. The number of halogens is 1. The van der Waals surface area contributed by atoms with Crippen LogP contribution in [0.4, 0.5) is 4.39 Å². The molecule has 0 amide bonds. The Kier molecular flexibility index (Phi) is 3.30. The number of fused-ring (bicyclic) bond motifs is 2. The summed E-state index contributed by atoms with van der Waals surface area (Å²) in [5, 5.41) is 0. The molecule has 2 unspecified atom stereocenters. The van der Waals surface area contributed by atoms with Gasteiger partial charge in [0.2, 0.25) is 0 Å². The van der Waals surface area contributed by atoms with Crippen molar-refractivity contribution in [3.63, 3.8) is 0 Å². The van der Waals surface area contributed by atoms with E-state index in [0.29, 0.717) is 0 Å². The highest BCUT2D eigenvalue weighted by molar-refractivity contribution is 5.67. The van der Waals surface area contributed by atoms with Gasteiger partial charge in [-0.2, -0.15) is 0 Å². The number of ether oxygens (including phenoxy) is 4. The molecule has 0 aromatic heterocycles. The van der Waals surface area contributed by atoms with Crippen LogP contribution in [0.2, 0.25) is 0 Å². The van der Waals surface area contributed by atoms with Crippen molar-refractivity contribution >= 4 is 11.9 Å². The second-order valence-electron chi connectivity index (χ2n) is 3.97. The summed E-state index contributed by atoms with van der Waals surface area (Å²) in [6.45, 7) is 2.47. The topological polar surface area (TPSA) is 71.1 Å². The van der Waals surface area contributed by atoms with Gasteiger partial charge in [0.05, 0.1) is 6.61 Å². The van der Waals surface area contributed by atoms with Crippen LogP contribution in [0.25, 0.3) is 0 Å². The number of hydrogen-bond donors (Lipinski definition) is 0. The lowest BCUT2D eigenvalue weighted by Crippen LogP contribution is -2.55. The predicted molar refractivity (Wildman–Crippen MR) is 50.6 cm³/mol. The van der Waals surface area contributed by atoms with E-state index in [4.69, 9.17) is 18.9 Å². The fourth-order valence-electron chi connectivity index (χ4n) is 1.99. The van der Waals surface area contributed by atoms with E-state index in [-0.39, 0.29) is 6.61 Å². The third-order valence-electron chi connectivity index (χ3n) is 2.60. The average Bonchev–Trinajstić information content (AvgIpc) is 2.65. The molecule has 0 aromatic carbocycles. The van der Waals surface area contributed by atoms with Gasteiger partial charge < -0.3 is 18.9 Å². The first-order valence-corrected chi connectivity index (χ1v) is 5.24. The molecule has 2 aliphatic rings. The van der Waals surface area contributed by atoms with Crippen molar-refractivity contribution in [2.24, 2.45) is 0 Å². The lowest BCUT2D eigenvalue weighted by molar-refractivity contribution is -0.228.